The van der Waals surface area contributed by atoms with Gasteiger partial charge in [0.25, 0.3) is 0 Å². The topological polar surface area (TPSA) is 66.0 Å². The monoisotopic (exact) mass is 396 g/mol. The van der Waals surface area contributed by atoms with Crippen LogP contribution in [0.5, 0.6) is 0 Å². The molecule has 0 bridgehead atoms. The number of nitrogens with one attached hydrogen (secondary N) is 2. The van der Waals surface area contributed by atoms with Gasteiger partial charge in [-0.25, -0.2) is 4.99 Å². The molecule has 6 heteroatoms. The summed E-state index contributed by atoms with van der Waals surface area (Å²) in [5, 5.41) is 9.28. The van der Waals surface area contributed by atoms with Crippen LogP contribution < -0.4 is 10.6 Å². The maximum absolute atomic E-state index is 12.0. The van der Waals surface area contributed by atoms with Crippen LogP contribution in [0.1, 0.15) is 37.8 Å². The fourth-order valence-corrected chi connectivity index (χ4v) is 3.53. The molecule has 6 nitrogen and oxygen atoms in total. The number of likely N-dealkylation sites (N-methyl/N-ethyl adjacent to an activating group) is 1. The Kier molecular flexibility index (Phi) is 7.47. The van der Waals surface area contributed by atoms with Gasteiger partial charge in [-0.2, -0.15) is 0 Å². The Hall–Kier alpha value is -2.60. The van der Waals surface area contributed by atoms with Crippen molar-refractivity contribution in [1.29, 1.82) is 0 Å². The molecule has 1 amide bonds. The standard InChI is InChI=1S/C23H32N4O2/c1-17(20-13-8-10-18-9-4-5-12-21(18)20)26-23(25-16-22(28)27(2)3)24-15-19-11-6-7-14-29-19/h4-5,8-10,12-13,17,19H,6-7,11,14-16H2,1-3H3,(H2,24,25,26). The Balaban J connectivity index is 1.73. The number of rotatable bonds is 6. The lowest BCUT2D eigenvalue weighted by atomic mass is 10.00. The van der Waals surface area contributed by atoms with Gasteiger partial charge in [0.05, 0.1) is 12.1 Å². The molecular weight excluding hydrogens is 364 g/mol. The van der Waals surface area contributed by atoms with Crippen LogP contribution in [0.2, 0.25) is 0 Å². The lowest BCUT2D eigenvalue weighted by molar-refractivity contribution is -0.127. The number of guanidine groups is 1. The highest BCUT2D eigenvalue weighted by molar-refractivity contribution is 5.88. The minimum Gasteiger partial charge on any atom is -0.376 e. The van der Waals surface area contributed by atoms with E-state index in [-0.39, 0.29) is 24.6 Å². The molecule has 2 atom stereocenters. The number of carbonyl (C=O) groups is 1. The van der Waals surface area contributed by atoms with Gasteiger partial charge in [-0.15, -0.1) is 0 Å². The summed E-state index contributed by atoms with van der Waals surface area (Å²) in [6.07, 6.45) is 3.56. The second-order valence-corrected chi connectivity index (χ2v) is 7.76. The number of aliphatic imine (C=N–C) groups is 1. The van der Waals surface area contributed by atoms with Gasteiger partial charge in [-0.3, -0.25) is 4.79 Å². The molecule has 2 N–H and O–H groups in total. The number of amides is 1. The van der Waals surface area contributed by atoms with Crippen molar-refractivity contribution in [2.24, 2.45) is 4.99 Å². The van der Waals surface area contributed by atoms with Gasteiger partial charge < -0.3 is 20.3 Å². The maximum Gasteiger partial charge on any atom is 0.243 e. The normalized spacial score (nSPS) is 18.3. The van der Waals surface area contributed by atoms with Crippen molar-refractivity contribution in [2.75, 3.05) is 33.8 Å². The molecule has 1 aliphatic rings. The lowest BCUT2D eigenvalue weighted by Gasteiger charge is -2.25. The van der Waals surface area contributed by atoms with Gasteiger partial charge in [0.15, 0.2) is 5.96 Å². The van der Waals surface area contributed by atoms with E-state index in [2.05, 4.69) is 65.0 Å². The molecular formula is C23H32N4O2. The molecule has 0 aliphatic carbocycles. The number of fused-ring (bicyclic) bond motifs is 1. The van der Waals surface area contributed by atoms with E-state index in [9.17, 15) is 4.79 Å². The fourth-order valence-electron chi connectivity index (χ4n) is 3.53. The summed E-state index contributed by atoms with van der Waals surface area (Å²) in [6.45, 7) is 3.72. The molecule has 1 aliphatic heterocycles. The third-order valence-corrected chi connectivity index (χ3v) is 5.29. The van der Waals surface area contributed by atoms with E-state index in [4.69, 9.17) is 4.74 Å². The zero-order valence-corrected chi connectivity index (χ0v) is 17.6. The highest BCUT2D eigenvalue weighted by atomic mass is 16.5. The van der Waals surface area contributed by atoms with Gasteiger partial charge in [-0.05, 0) is 42.5 Å². The molecule has 156 valence electrons. The van der Waals surface area contributed by atoms with Gasteiger partial charge in [0.1, 0.15) is 6.54 Å². The fraction of sp³-hybridized carbons (Fsp3) is 0.478. The molecule has 3 rings (SSSR count). The molecule has 1 heterocycles. The van der Waals surface area contributed by atoms with E-state index >= 15 is 0 Å². The Morgan fingerprint density at radius 2 is 2.00 bits per heavy atom. The van der Waals surface area contributed by atoms with Crippen molar-refractivity contribution in [3.8, 4) is 0 Å². The molecule has 0 aromatic heterocycles. The van der Waals surface area contributed by atoms with Crippen molar-refractivity contribution in [3.63, 3.8) is 0 Å². The van der Waals surface area contributed by atoms with Crippen LogP contribution in [-0.4, -0.2) is 56.7 Å². The van der Waals surface area contributed by atoms with Crippen molar-refractivity contribution >= 4 is 22.6 Å². The van der Waals surface area contributed by atoms with Crippen molar-refractivity contribution in [2.45, 2.75) is 38.3 Å². The molecule has 1 saturated heterocycles. The van der Waals surface area contributed by atoms with Crippen LogP contribution in [-0.2, 0) is 9.53 Å². The lowest BCUT2D eigenvalue weighted by Crippen LogP contribution is -2.44. The summed E-state index contributed by atoms with van der Waals surface area (Å²) in [5.41, 5.74) is 1.20. The van der Waals surface area contributed by atoms with E-state index < -0.39 is 0 Å². The van der Waals surface area contributed by atoms with E-state index in [0.29, 0.717) is 12.5 Å². The van der Waals surface area contributed by atoms with Gasteiger partial charge in [0, 0.05) is 27.2 Å². The third kappa shape index (κ3) is 5.94. The van der Waals surface area contributed by atoms with Crippen molar-refractivity contribution in [3.05, 3.63) is 48.0 Å². The van der Waals surface area contributed by atoms with Gasteiger partial charge >= 0.3 is 0 Å². The smallest absolute Gasteiger partial charge is 0.243 e. The minimum atomic E-state index is -0.0298. The van der Waals surface area contributed by atoms with Crippen molar-refractivity contribution in [1.82, 2.24) is 15.5 Å². The number of nitrogens with zero attached hydrogens (tertiary/aromatic N) is 2. The van der Waals surface area contributed by atoms with Gasteiger partial charge in [-0.1, -0.05) is 42.5 Å². The van der Waals surface area contributed by atoms with E-state index in [1.54, 1.807) is 19.0 Å². The predicted molar refractivity (Wildman–Crippen MR) is 118 cm³/mol. The molecule has 2 aromatic rings. The van der Waals surface area contributed by atoms with E-state index in [0.717, 1.165) is 19.4 Å². The molecule has 0 spiro atoms. The summed E-state index contributed by atoms with van der Waals surface area (Å²) in [4.78, 5) is 18.1. The predicted octanol–water partition coefficient (Wildman–Crippen LogP) is 3.09. The number of carbonyl (C=O) groups excluding carboxylic acids is 1. The first kappa shape index (κ1) is 21.1. The zero-order valence-electron chi connectivity index (χ0n) is 17.6. The molecule has 29 heavy (non-hydrogen) atoms. The average molecular weight is 397 g/mol. The maximum atomic E-state index is 12.0. The van der Waals surface area contributed by atoms with Crippen LogP contribution in [0, 0.1) is 0 Å². The quantitative estimate of drug-likeness (QED) is 0.582. The number of hydrogen-bond acceptors (Lipinski definition) is 3. The van der Waals surface area contributed by atoms with Crippen LogP contribution in [0.3, 0.4) is 0 Å². The second-order valence-electron chi connectivity index (χ2n) is 7.76. The summed E-state index contributed by atoms with van der Waals surface area (Å²) >= 11 is 0. The molecule has 0 radical (unpaired) electrons. The first-order valence-electron chi connectivity index (χ1n) is 10.4. The van der Waals surface area contributed by atoms with Crippen LogP contribution >= 0.6 is 0 Å². The Labute approximate surface area is 173 Å². The highest BCUT2D eigenvalue weighted by Crippen LogP contribution is 2.24. The second kappa shape index (κ2) is 10.3. The Morgan fingerprint density at radius 3 is 2.76 bits per heavy atom. The van der Waals surface area contributed by atoms with E-state index in [1.807, 2.05) is 0 Å². The zero-order chi connectivity index (χ0) is 20.6. The summed E-state index contributed by atoms with van der Waals surface area (Å²) in [5.74, 6) is 0.604. The largest absolute Gasteiger partial charge is 0.376 e. The Bertz CT molecular complexity index is 838. The SMILES string of the molecule is CC(NC(=NCC(=O)N(C)C)NCC1CCCCO1)c1cccc2ccccc12. The van der Waals surface area contributed by atoms with Crippen molar-refractivity contribution < 1.29 is 9.53 Å². The first-order valence-corrected chi connectivity index (χ1v) is 10.4. The number of benzene rings is 2. The molecule has 2 aromatic carbocycles. The third-order valence-electron chi connectivity index (χ3n) is 5.29. The molecule has 0 saturated carbocycles. The number of hydrogen-bond donors (Lipinski definition) is 2. The van der Waals surface area contributed by atoms with Gasteiger partial charge in [0.2, 0.25) is 5.91 Å². The number of ether oxygens (including phenoxy) is 1. The highest BCUT2D eigenvalue weighted by Gasteiger charge is 2.16. The summed E-state index contributed by atoms with van der Waals surface area (Å²) in [7, 11) is 3.49. The van der Waals surface area contributed by atoms with E-state index in [1.165, 1.54) is 22.8 Å². The Morgan fingerprint density at radius 1 is 1.21 bits per heavy atom. The first-order chi connectivity index (χ1) is 14.0. The van der Waals surface area contributed by atoms with Crippen LogP contribution in [0.4, 0.5) is 0 Å². The average Bonchev–Trinajstić information content (AvgIpc) is 2.75. The van der Waals surface area contributed by atoms with Crippen LogP contribution in [0.25, 0.3) is 10.8 Å². The molecule has 2 unspecified atom stereocenters. The summed E-state index contributed by atoms with van der Waals surface area (Å²) < 4.78 is 5.82. The molecule has 1 fully saturated rings. The summed E-state index contributed by atoms with van der Waals surface area (Å²) in [6, 6.07) is 14.7. The minimum absolute atomic E-state index is 0.0298. The van der Waals surface area contributed by atoms with Crippen LogP contribution in [0.15, 0.2) is 47.5 Å².